The molecule has 0 unspecified atom stereocenters. The third kappa shape index (κ3) is 1.30. The number of rotatable bonds is 1. The van der Waals surface area contributed by atoms with Gasteiger partial charge in [-0.1, -0.05) is 12.1 Å². The van der Waals surface area contributed by atoms with Crippen molar-refractivity contribution in [2.24, 2.45) is 0 Å². The number of hydrogen-bond donors (Lipinski definition) is 1. The van der Waals surface area contributed by atoms with Gasteiger partial charge in [0.25, 0.3) is 0 Å². The van der Waals surface area contributed by atoms with E-state index in [1.54, 1.807) is 12.4 Å². The van der Waals surface area contributed by atoms with Gasteiger partial charge >= 0.3 is 0 Å². The van der Waals surface area contributed by atoms with E-state index in [-0.39, 0.29) is 0 Å². The topological polar surface area (TPSA) is 48.7 Å². The quantitative estimate of drug-likeness (QED) is 0.525. The summed E-state index contributed by atoms with van der Waals surface area (Å²) < 4.78 is 0. The van der Waals surface area contributed by atoms with Crippen LogP contribution in [0.2, 0.25) is 0 Å². The molecule has 62 valence electrons. The van der Waals surface area contributed by atoms with Crippen LogP contribution in [0, 0.1) is 11.5 Å². The maximum absolute atomic E-state index is 8.50. The molecule has 1 heterocycles. The Morgan fingerprint density at radius 1 is 1.31 bits per heavy atom. The van der Waals surface area contributed by atoms with Crippen LogP contribution in [0.4, 0.5) is 5.69 Å². The number of aromatic nitrogens is 1. The number of anilines is 1. The third-order valence-electron chi connectivity index (χ3n) is 1.87. The summed E-state index contributed by atoms with van der Waals surface area (Å²) in [5, 5.41) is 13.2. The molecule has 0 spiro atoms. The van der Waals surface area contributed by atoms with E-state index in [0.717, 1.165) is 16.5 Å². The fourth-order valence-electron chi connectivity index (χ4n) is 1.29. The second kappa shape index (κ2) is 3.11. The molecule has 13 heavy (non-hydrogen) atoms. The molecule has 0 aliphatic carbocycles. The smallest absolute Gasteiger partial charge is 0.181 e. The summed E-state index contributed by atoms with van der Waals surface area (Å²) in [7, 11) is 0. The van der Waals surface area contributed by atoms with Crippen molar-refractivity contribution in [2.45, 2.75) is 0 Å². The number of nitrogens with zero attached hydrogens (tertiary/aromatic N) is 2. The first-order chi connectivity index (χ1) is 6.42. The third-order valence-corrected chi connectivity index (χ3v) is 1.87. The summed E-state index contributed by atoms with van der Waals surface area (Å²) in [6.45, 7) is 0. The Bertz CT molecular complexity index is 466. The molecule has 0 saturated carbocycles. The average Bonchev–Trinajstić information content (AvgIpc) is 2.19. The van der Waals surface area contributed by atoms with Crippen molar-refractivity contribution in [1.82, 2.24) is 4.98 Å². The maximum atomic E-state index is 8.50. The van der Waals surface area contributed by atoms with E-state index in [4.69, 9.17) is 5.26 Å². The van der Waals surface area contributed by atoms with Gasteiger partial charge in [0.15, 0.2) is 6.19 Å². The van der Waals surface area contributed by atoms with Gasteiger partial charge in [0.05, 0.1) is 5.69 Å². The second-order valence-electron chi connectivity index (χ2n) is 2.64. The van der Waals surface area contributed by atoms with Gasteiger partial charge in [-0.25, -0.2) is 0 Å². The number of nitrogens with one attached hydrogen (secondary N) is 1. The lowest BCUT2D eigenvalue weighted by molar-refractivity contribution is 1.36. The van der Waals surface area contributed by atoms with Crippen molar-refractivity contribution in [3.05, 3.63) is 36.7 Å². The second-order valence-corrected chi connectivity index (χ2v) is 2.64. The zero-order valence-corrected chi connectivity index (χ0v) is 6.86. The first-order valence-corrected chi connectivity index (χ1v) is 3.89. The van der Waals surface area contributed by atoms with Gasteiger partial charge in [0.2, 0.25) is 0 Å². The summed E-state index contributed by atoms with van der Waals surface area (Å²) in [5.74, 6) is 0. The molecule has 1 aromatic carbocycles. The van der Waals surface area contributed by atoms with E-state index >= 15 is 0 Å². The molecule has 2 aromatic rings. The van der Waals surface area contributed by atoms with Gasteiger partial charge in [-0.15, -0.1) is 0 Å². The molecule has 1 aromatic heterocycles. The molecule has 0 saturated heterocycles. The normalized spacial score (nSPS) is 9.46. The van der Waals surface area contributed by atoms with Crippen LogP contribution in [0.5, 0.6) is 0 Å². The van der Waals surface area contributed by atoms with Crippen molar-refractivity contribution in [3.63, 3.8) is 0 Å². The highest BCUT2D eigenvalue weighted by atomic mass is 14.9. The molecule has 3 heteroatoms. The predicted octanol–water partition coefficient (Wildman–Crippen LogP) is 2.13. The summed E-state index contributed by atoms with van der Waals surface area (Å²) in [4.78, 5) is 4.00. The van der Waals surface area contributed by atoms with Crippen LogP contribution in [-0.4, -0.2) is 4.98 Å². The molecular weight excluding hydrogens is 162 g/mol. The molecule has 2 rings (SSSR count). The first-order valence-electron chi connectivity index (χ1n) is 3.89. The zero-order valence-electron chi connectivity index (χ0n) is 6.86. The van der Waals surface area contributed by atoms with Gasteiger partial charge in [0.1, 0.15) is 0 Å². The van der Waals surface area contributed by atoms with E-state index in [9.17, 15) is 0 Å². The lowest BCUT2D eigenvalue weighted by Gasteiger charge is -2.01. The highest BCUT2D eigenvalue weighted by Crippen LogP contribution is 2.21. The van der Waals surface area contributed by atoms with Crippen LogP contribution in [0.25, 0.3) is 10.8 Å². The highest BCUT2D eigenvalue weighted by molar-refractivity contribution is 5.93. The van der Waals surface area contributed by atoms with Crippen LogP contribution in [0.15, 0.2) is 36.7 Å². The molecule has 0 amide bonds. The predicted molar refractivity (Wildman–Crippen MR) is 51.0 cm³/mol. The van der Waals surface area contributed by atoms with E-state index in [2.05, 4.69) is 10.3 Å². The lowest BCUT2D eigenvalue weighted by Crippen LogP contribution is -1.88. The van der Waals surface area contributed by atoms with Gasteiger partial charge in [-0.05, 0) is 12.1 Å². The Morgan fingerprint density at radius 2 is 2.23 bits per heavy atom. The molecule has 3 nitrogen and oxygen atoms in total. The Balaban J connectivity index is 2.70. The number of fused-ring (bicyclic) bond motifs is 1. The van der Waals surface area contributed by atoms with Gasteiger partial charge in [-0.2, -0.15) is 5.26 Å². The molecule has 0 atom stereocenters. The van der Waals surface area contributed by atoms with Crippen molar-refractivity contribution < 1.29 is 0 Å². The molecule has 0 bridgehead atoms. The van der Waals surface area contributed by atoms with Crippen LogP contribution in [0.3, 0.4) is 0 Å². The number of benzene rings is 1. The fourth-order valence-corrected chi connectivity index (χ4v) is 1.29. The lowest BCUT2D eigenvalue weighted by atomic mass is 10.1. The number of pyridine rings is 1. The summed E-state index contributed by atoms with van der Waals surface area (Å²) in [6, 6.07) is 7.61. The van der Waals surface area contributed by atoms with Crippen LogP contribution in [-0.2, 0) is 0 Å². The Kier molecular flexibility index (Phi) is 1.81. The van der Waals surface area contributed by atoms with Gasteiger partial charge in [0, 0.05) is 23.2 Å². The van der Waals surface area contributed by atoms with E-state index in [1.807, 2.05) is 30.5 Å². The van der Waals surface area contributed by atoms with Crippen molar-refractivity contribution >= 4 is 16.5 Å². The minimum absolute atomic E-state index is 0.822. The molecule has 0 aliphatic heterocycles. The minimum atomic E-state index is 0.822. The maximum Gasteiger partial charge on any atom is 0.181 e. The minimum Gasteiger partial charge on any atom is -0.292 e. The average molecular weight is 169 g/mol. The summed E-state index contributed by atoms with van der Waals surface area (Å²) in [6.07, 6.45) is 5.39. The van der Waals surface area contributed by atoms with Gasteiger partial charge < -0.3 is 0 Å². The first kappa shape index (κ1) is 7.56. The van der Waals surface area contributed by atoms with Gasteiger partial charge in [-0.3, -0.25) is 10.3 Å². The van der Waals surface area contributed by atoms with E-state index in [0.29, 0.717) is 0 Å². The van der Waals surface area contributed by atoms with Crippen molar-refractivity contribution in [3.8, 4) is 6.19 Å². The summed E-state index contributed by atoms with van der Waals surface area (Å²) in [5.41, 5.74) is 0.822. The highest BCUT2D eigenvalue weighted by Gasteiger charge is 1.97. The van der Waals surface area contributed by atoms with Crippen LogP contribution >= 0.6 is 0 Å². The van der Waals surface area contributed by atoms with Crippen molar-refractivity contribution in [2.75, 3.05) is 5.32 Å². The standard InChI is InChI=1S/C10H7N3/c11-7-13-10-3-1-2-8-6-12-5-4-9(8)10/h1-6,13H. The number of hydrogen-bond acceptors (Lipinski definition) is 3. The van der Waals surface area contributed by atoms with Crippen LogP contribution < -0.4 is 5.32 Å². The zero-order chi connectivity index (χ0) is 9.10. The monoisotopic (exact) mass is 169 g/mol. The number of nitriles is 1. The van der Waals surface area contributed by atoms with E-state index in [1.165, 1.54) is 0 Å². The molecule has 1 N–H and O–H groups in total. The molecule has 0 radical (unpaired) electrons. The summed E-state index contributed by atoms with van der Waals surface area (Å²) >= 11 is 0. The molecule has 0 fully saturated rings. The largest absolute Gasteiger partial charge is 0.292 e. The van der Waals surface area contributed by atoms with Crippen LogP contribution in [0.1, 0.15) is 0 Å². The Morgan fingerprint density at radius 3 is 3.08 bits per heavy atom. The molecule has 0 aliphatic rings. The molecular formula is C10H7N3. The van der Waals surface area contributed by atoms with E-state index < -0.39 is 0 Å². The Hall–Kier alpha value is -2.08. The fraction of sp³-hybridized carbons (Fsp3) is 0. The Labute approximate surface area is 75.6 Å². The van der Waals surface area contributed by atoms with Crippen molar-refractivity contribution in [1.29, 1.82) is 5.26 Å². The SMILES string of the molecule is N#CNc1cccc2cnccc12.